The Balaban J connectivity index is 1.69. The zero-order valence-corrected chi connectivity index (χ0v) is 13.9. The normalized spacial score (nSPS) is 30.6. The maximum Gasteiger partial charge on any atom is 0.0113 e. The van der Waals surface area contributed by atoms with Crippen LogP contribution >= 0.6 is 0 Å². The van der Waals surface area contributed by atoms with Crippen LogP contribution in [0.1, 0.15) is 84.5 Å². The molecule has 2 bridgehead atoms. The van der Waals surface area contributed by atoms with Gasteiger partial charge in [-0.05, 0) is 45.2 Å². The first-order valence-electron chi connectivity index (χ1n) is 9.34. The summed E-state index contributed by atoms with van der Waals surface area (Å²) in [6, 6.07) is 2.58. The highest BCUT2D eigenvalue weighted by Gasteiger charge is 2.37. The molecule has 0 saturated carbocycles. The van der Waals surface area contributed by atoms with Crippen molar-refractivity contribution in [3.05, 3.63) is 0 Å². The predicted octanol–water partition coefficient (Wildman–Crippen LogP) is 4.34. The van der Waals surface area contributed by atoms with Gasteiger partial charge < -0.3 is 5.32 Å². The molecule has 2 aliphatic rings. The van der Waals surface area contributed by atoms with Crippen molar-refractivity contribution in [3.8, 4) is 0 Å². The highest BCUT2D eigenvalue weighted by atomic mass is 15.2. The Labute approximate surface area is 126 Å². The van der Waals surface area contributed by atoms with Gasteiger partial charge in [-0.1, -0.05) is 52.4 Å². The van der Waals surface area contributed by atoms with Gasteiger partial charge in [0.05, 0.1) is 0 Å². The number of unbranched alkanes of at least 4 members (excludes halogenated alkanes) is 5. The van der Waals surface area contributed by atoms with Gasteiger partial charge in [0.25, 0.3) is 0 Å². The average Bonchev–Trinajstić information content (AvgIpc) is 2.43. The number of nitrogens with one attached hydrogen (secondary N) is 1. The van der Waals surface area contributed by atoms with Crippen LogP contribution in [-0.4, -0.2) is 36.1 Å². The minimum atomic E-state index is 0.802. The summed E-state index contributed by atoms with van der Waals surface area (Å²) in [4.78, 5) is 2.89. The zero-order chi connectivity index (χ0) is 14.2. The maximum absolute atomic E-state index is 3.70. The molecule has 0 spiro atoms. The van der Waals surface area contributed by atoms with Crippen molar-refractivity contribution in [1.29, 1.82) is 0 Å². The zero-order valence-electron chi connectivity index (χ0n) is 13.9. The van der Waals surface area contributed by atoms with E-state index >= 15 is 0 Å². The quantitative estimate of drug-likeness (QED) is 0.632. The van der Waals surface area contributed by atoms with E-state index in [4.69, 9.17) is 0 Å². The molecule has 20 heavy (non-hydrogen) atoms. The summed E-state index contributed by atoms with van der Waals surface area (Å²) in [5.74, 6) is 0. The van der Waals surface area contributed by atoms with Gasteiger partial charge in [-0.25, -0.2) is 0 Å². The van der Waals surface area contributed by atoms with Crippen LogP contribution in [0.4, 0.5) is 0 Å². The Morgan fingerprint density at radius 3 is 2.20 bits per heavy atom. The third kappa shape index (κ3) is 4.73. The summed E-state index contributed by atoms with van der Waals surface area (Å²) < 4.78 is 0. The van der Waals surface area contributed by atoms with Crippen LogP contribution < -0.4 is 5.32 Å². The lowest BCUT2D eigenvalue weighted by Crippen LogP contribution is -2.56. The highest BCUT2D eigenvalue weighted by Crippen LogP contribution is 2.34. The Morgan fingerprint density at radius 1 is 0.900 bits per heavy atom. The largest absolute Gasteiger partial charge is 0.314 e. The van der Waals surface area contributed by atoms with Crippen molar-refractivity contribution in [2.45, 2.75) is 103 Å². The van der Waals surface area contributed by atoms with Crippen LogP contribution in [0.3, 0.4) is 0 Å². The fourth-order valence-electron chi connectivity index (χ4n) is 4.37. The van der Waals surface area contributed by atoms with E-state index in [2.05, 4.69) is 24.1 Å². The monoisotopic (exact) mass is 280 g/mol. The van der Waals surface area contributed by atoms with Crippen LogP contribution in [0.15, 0.2) is 0 Å². The minimum absolute atomic E-state index is 0.802. The second kappa shape index (κ2) is 9.04. The van der Waals surface area contributed by atoms with Gasteiger partial charge in [0.15, 0.2) is 0 Å². The van der Waals surface area contributed by atoms with Crippen molar-refractivity contribution >= 4 is 0 Å². The Morgan fingerprint density at radius 2 is 1.55 bits per heavy atom. The molecule has 2 atom stereocenters. The van der Waals surface area contributed by atoms with E-state index in [-0.39, 0.29) is 0 Å². The van der Waals surface area contributed by atoms with Gasteiger partial charge in [-0.2, -0.15) is 0 Å². The molecule has 0 aromatic heterocycles. The van der Waals surface area contributed by atoms with Gasteiger partial charge in [0.2, 0.25) is 0 Å². The Bertz CT molecular complexity index is 240. The van der Waals surface area contributed by atoms with Crippen LogP contribution in [0, 0.1) is 0 Å². The molecule has 2 nitrogen and oxygen atoms in total. The number of piperidine rings is 2. The van der Waals surface area contributed by atoms with E-state index in [0.717, 1.165) is 24.7 Å². The maximum atomic E-state index is 3.70. The molecule has 0 aromatic carbocycles. The van der Waals surface area contributed by atoms with Crippen molar-refractivity contribution in [2.24, 2.45) is 0 Å². The van der Waals surface area contributed by atoms with E-state index in [9.17, 15) is 0 Å². The van der Waals surface area contributed by atoms with Gasteiger partial charge in [-0.15, -0.1) is 0 Å². The summed E-state index contributed by atoms with van der Waals surface area (Å²) >= 11 is 0. The predicted molar refractivity (Wildman–Crippen MR) is 88.2 cm³/mol. The van der Waals surface area contributed by atoms with E-state index < -0.39 is 0 Å². The molecule has 0 aliphatic carbocycles. The highest BCUT2D eigenvalue weighted by molar-refractivity contribution is 4.94. The molecule has 0 aromatic rings. The molecule has 2 heteroatoms. The first-order chi connectivity index (χ1) is 9.85. The van der Waals surface area contributed by atoms with Crippen LogP contribution in [0.5, 0.6) is 0 Å². The lowest BCUT2D eigenvalue weighted by atomic mass is 9.81. The van der Waals surface area contributed by atoms with E-state index in [0.29, 0.717) is 0 Å². The summed E-state index contributed by atoms with van der Waals surface area (Å²) in [7, 11) is 0. The van der Waals surface area contributed by atoms with Crippen LogP contribution in [0.25, 0.3) is 0 Å². The third-order valence-electron chi connectivity index (χ3n) is 5.39. The first-order valence-corrected chi connectivity index (χ1v) is 9.34. The SMILES string of the molecule is CCCCCCCCN1C2CCCC1CC(NCC)C2. The Kier molecular flexibility index (Phi) is 7.37. The fraction of sp³-hybridized carbons (Fsp3) is 1.00. The second-order valence-electron chi connectivity index (χ2n) is 6.97. The van der Waals surface area contributed by atoms with E-state index in [1.54, 1.807) is 0 Å². The molecule has 2 aliphatic heterocycles. The molecule has 118 valence electrons. The number of rotatable bonds is 9. The van der Waals surface area contributed by atoms with Gasteiger partial charge in [0, 0.05) is 18.1 Å². The van der Waals surface area contributed by atoms with E-state index in [1.165, 1.54) is 77.2 Å². The van der Waals surface area contributed by atoms with Crippen LogP contribution in [-0.2, 0) is 0 Å². The van der Waals surface area contributed by atoms with E-state index in [1.807, 2.05) is 0 Å². The first kappa shape index (κ1) is 16.3. The molecule has 2 unspecified atom stereocenters. The molecular formula is C18H36N2. The number of hydrogen-bond donors (Lipinski definition) is 1. The summed E-state index contributed by atoms with van der Waals surface area (Å²) in [5.41, 5.74) is 0. The smallest absolute Gasteiger partial charge is 0.0113 e. The summed E-state index contributed by atoms with van der Waals surface area (Å²) in [6.07, 6.45) is 15.8. The molecular weight excluding hydrogens is 244 g/mol. The lowest BCUT2D eigenvalue weighted by molar-refractivity contribution is 0.0236. The van der Waals surface area contributed by atoms with Gasteiger partial charge in [-0.3, -0.25) is 4.90 Å². The van der Waals surface area contributed by atoms with Gasteiger partial charge >= 0.3 is 0 Å². The molecule has 2 heterocycles. The van der Waals surface area contributed by atoms with Crippen molar-refractivity contribution < 1.29 is 0 Å². The average molecular weight is 281 g/mol. The lowest BCUT2D eigenvalue weighted by Gasteiger charge is -2.49. The standard InChI is InChI=1S/C18H36N2/c1-3-5-6-7-8-9-13-20-17-11-10-12-18(20)15-16(14-17)19-4-2/h16-19H,3-15H2,1-2H3. The third-order valence-corrected chi connectivity index (χ3v) is 5.39. The summed E-state index contributed by atoms with van der Waals surface area (Å²) in [6.45, 7) is 7.07. The van der Waals surface area contributed by atoms with Gasteiger partial charge in [0.1, 0.15) is 0 Å². The van der Waals surface area contributed by atoms with Crippen LogP contribution in [0.2, 0.25) is 0 Å². The topological polar surface area (TPSA) is 15.3 Å². The minimum Gasteiger partial charge on any atom is -0.314 e. The summed E-state index contributed by atoms with van der Waals surface area (Å²) in [5, 5.41) is 3.70. The van der Waals surface area contributed by atoms with Crippen molar-refractivity contribution in [2.75, 3.05) is 13.1 Å². The number of nitrogens with zero attached hydrogens (tertiary/aromatic N) is 1. The molecule has 2 saturated heterocycles. The molecule has 0 radical (unpaired) electrons. The number of hydrogen-bond acceptors (Lipinski definition) is 2. The molecule has 2 rings (SSSR count). The number of fused-ring (bicyclic) bond motifs is 2. The molecule has 2 fully saturated rings. The van der Waals surface area contributed by atoms with Crippen molar-refractivity contribution in [1.82, 2.24) is 10.2 Å². The second-order valence-corrected chi connectivity index (χ2v) is 6.97. The molecule has 1 N–H and O–H groups in total. The fourth-order valence-corrected chi connectivity index (χ4v) is 4.37. The van der Waals surface area contributed by atoms with Crippen molar-refractivity contribution in [3.63, 3.8) is 0 Å². The Hall–Kier alpha value is -0.0800. The molecule has 0 amide bonds.